The van der Waals surface area contributed by atoms with Crippen LogP contribution in [-0.2, 0) is 16.8 Å². The van der Waals surface area contributed by atoms with Gasteiger partial charge in [-0.2, -0.15) is 0 Å². The molecule has 0 spiro atoms. The van der Waals surface area contributed by atoms with Crippen molar-refractivity contribution >= 4 is 0 Å². The van der Waals surface area contributed by atoms with E-state index in [1.807, 2.05) is 6.07 Å². The third-order valence-corrected chi connectivity index (χ3v) is 4.43. The molecule has 1 aliphatic rings. The van der Waals surface area contributed by atoms with Crippen molar-refractivity contribution in [2.75, 3.05) is 27.9 Å². The van der Waals surface area contributed by atoms with Gasteiger partial charge in [0.25, 0.3) is 0 Å². The molecule has 0 saturated heterocycles. The maximum absolute atomic E-state index is 6.10. The van der Waals surface area contributed by atoms with Crippen molar-refractivity contribution in [3.05, 3.63) is 23.3 Å². The summed E-state index contributed by atoms with van der Waals surface area (Å²) in [4.78, 5) is 0. The molecule has 2 rings (SSSR count). The van der Waals surface area contributed by atoms with Crippen LogP contribution >= 0.6 is 0 Å². The van der Waals surface area contributed by atoms with E-state index < -0.39 is 0 Å². The molecule has 1 aromatic carbocycles. The lowest BCUT2D eigenvalue weighted by atomic mass is 9.77. The lowest BCUT2D eigenvalue weighted by Gasteiger charge is -2.30. The minimum absolute atomic E-state index is 0.0418. The molecule has 112 valence electrons. The van der Waals surface area contributed by atoms with E-state index in [-0.39, 0.29) is 5.41 Å². The van der Waals surface area contributed by atoms with E-state index in [2.05, 4.69) is 6.07 Å². The summed E-state index contributed by atoms with van der Waals surface area (Å²) in [6, 6.07) is 4.11. The van der Waals surface area contributed by atoms with E-state index in [1.165, 1.54) is 18.4 Å². The van der Waals surface area contributed by atoms with E-state index >= 15 is 0 Å². The highest BCUT2D eigenvalue weighted by molar-refractivity contribution is 5.50. The van der Waals surface area contributed by atoms with Crippen molar-refractivity contribution in [2.24, 2.45) is 5.73 Å². The largest absolute Gasteiger partial charge is 0.496 e. The predicted molar refractivity (Wildman–Crippen MR) is 79.5 cm³/mol. The van der Waals surface area contributed by atoms with E-state index in [1.54, 1.807) is 21.3 Å². The SMILES string of the molecule is COCc1cc(C2(CN)CCCC2)c(OC)cc1OC. The fourth-order valence-electron chi connectivity index (χ4n) is 3.28. The molecular weight excluding hydrogens is 254 g/mol. The Morgan fingerprint density at radius 3 is 2.20 bits per heavy atom. The summed E-state index contributed by atoms with van der Waals surface area (Å²) in [6.45, 7) is 1.18. The lowest BCUT2D eigenvalue weighted by Crippen LogP contribution is -2.32. The van der Waals surface area contributed by atoms with Gasteiger partial charge in [-0.3, -0.25) is 0 Å². The van der Waals surface area contributed by atoms with Crippen LogP contribution in [0.15, 0.2) is 12.1 Å². The van der Waals surface area contributed by atoms with Crippen LogP contribution in [0.4, 0.5) is 0 Å². The lowest BCUT2D eigenvalue weighted by molar-refractivity contribution is 0.181. The smallest absolute Gasteiger partial charge is 0.128 e. The molecule has 0 bridgehead atoms. The van der Waals surface area contributed by atoms with Gasteiger partial charge < -0.3 is 19.9 Å². The summed E-state index contributed by atoms with van der Waals surface area (Å²) < 4.78 is 16.3. The fraction of sp³-hybridized carbons (Fsp3) is 0.625. The molecule has 0 unspecified atom stereocenters. The van der Waals surface area contributed by atoms with Gasteiger partial charge in [0, 0.05) is 36.3 Å². The van der Waals surface area contributed by atoms with Crippen molar-refractivity contribution in [1.29, 1.82) is 0 Å². The molecule has 1 fully saturated rings. The molecular formula is C16H25NO3. The summed E-state index contributed by atoms with van der Waals surface area (Å²) in [5, 5.41) is 0. The Kier molecular flexibility index (Phi) is 4.89. The Balaban J connectivity index is 2.52. The molecule has 0 heterocycles. The van der Waals surface area contributed by atoms with Gasteiger partial charge in [-0.15, -0.1) is 0 Å². The first-order valence-corrected chi connectivity index (χ1v) is 7.15. The van der Waals surface area contributed by atoms with Crippen molar-refractivity contribution < 1.29 is 14.2 Å². The van der Waals surface area contributed by atoms with Crippen LogP contribution in [0.1, 0.15) is 36.8 Å². The molecule has 1 aliphatic carbocycles. The maximum atomic E-state index is 6.10. The molecule has 4 heteroatoms. The second kappa shape index (κ2) is 6.46. The van der Waals surface area contributed by atoms with Crippen LogP contribution in [0.25, 0.3) is 0 Å². The predicted octanol–water partition coefficient (Wildman–Crippen LogP) is 2.62. The Bertz CT molecular complexity index is 453. The van der Waals surface area contributed by atoms with Crippen molar-refractivity contribution in [3.63, 3.8) is 0 Å². The minimum atomic E-state index is 0.0418. The van der Waals surface area contributed by atoms with E-state index in [0.717, 1.165) is 29.9 Å². The first kappa shape index (κ1) is 15.1. The monoisotopic (exact) mass is 279 g/mol. The average Bonchev–Trinajstić information content (AvgIpc) is 2.97. The number of nitrogens with two attached hydrogens (primary N) is 1. The Labute approximate surface area is 121 Å². The maximum Gasteiger partial charge on any atom is 0.128 e. The zero-order valence-corrected chi connectivity index (χ0v) is 12.7. The zero-order chi connectivity index (χ0) is 14.6. The molecule has 0 amide bonds. The van der Waals surface area contributed by atoms with Crippen LogP contribution in [0.3, 0.4) is 0 Å². The third kappa shape index (κ3) is 2.63. The molecule has 0 atom stereocenters. The number of hydrogen-bond acceptors (Lipinski definition) is 4. The number of ether oxygens (including phenoxy) is 3. The standard InChI is InChI=1S/C16H25NO3/c1-18-10-12-8-13(15(20-3)9-14(12)19-2)16(11-17)6-4-5-7-16/h8-9H,4-7,10-11,17H2,1-3H3. The summed E-state index contributed by atoms with van der Waals surface area (Å²) in [6.07, 6.45) is 4.70. The van der Waals surface area contributed by atoms with E-state index in [9.17, 15) is 0 Å². The molecule has 2 N–H and O–H groups in total. The first-order valence-electron chi connectivity index (χ1n) is 7.15. The number of methoxy groups -OCH3 is 3. The first-order chi connectivity index (χ1) is 9.70. The highest BCUT2D eigenvalue weighted by atomic mass is 16.5. The van der Waals surface area contributed by atoms with Crippen LogP contribution in [0, 0.1) is 0 Å². The van der Waals surface area contributed by atoms with Gasteiger partial charge in [0.1, 0.15) is 11.5 Å². The van der Waals surface area contributed by atoms with Gasteiger partial charge in [0.2, 0.25) is 0 Å². The van der Waals surface area contributed by atoms with Gasteiger partial charge in [-0.25, -0.2) is 0 Å². The van der Waals surface area contributed by atoms with E-state index in [0.29, 0.717) is 13.2 Å². The Morgan fingerprint density at radius 1 is 1.05 bits per heavy atom. The van der Waals surface area contributed by atoms with Crippen molar-refractivity contribution in [2.45, 2.75) is 37.7 Å². The van der Waals surface area contributed by atoms with Gasteiger partial charge >= 0.3 is 0 Å². The molecule has 1 aromatic rings. The quantitative estimate of drug-likeness (QED) is 0.869. The molecule has 0 aromatic heterocycles. The molecule has 0 aliphatic heterocycles. The van der Waals surface area contributed by atoms with Gasteiger partial charge in [0.05, 0.1) is 20.8 Å². The average molecular weight is 279 g/mol. The molecule has 20 heavy (non-hydrogen) atoms. The van der Waals surface area contributed by atoms with Crippen LogP contribution < -0.4 is 15.2 Å². The highest BCUT2D eigenvalue weighted by Gasteiger charge is 2.37. The van der Waals surface area contributed by atoms with Crippen LogP contribution in [0.2, 0.25) is 0 Å². The molecule has 4 nitrogen and oxygen atoms in total. The second-order valence-corrected chi connectivity index (χ2v) is 5.49. The van der Waals surface area contributed by atoms with E-state index in [4.69, 9.17) is 19.9 Å². The summed E-state index contributed by atoms with van der Waals surface area (Å²) >= 11 is 0. The van der Waals surface area contributed by atoms with Crippen molar-refractivity contribution in [3.8, 4) is 11.5 Å². The second-order valence-electron chi connectivity index (χ2n) is 5.49. The fourth-order valence-corrected chi connectivity index (χ4v) is 3.28. The summed E-state index contributed by atoms with van der Waals surface area (Å²) in [5.74, 6) is 1.67. The zero-order valence-electron chi connectivity index (χ0n) is 12.7. The molecule has 0 radical (unpaired) electrons. The Morgan fingerprint density at radius 2 is 1.70 bits per heavy atom. The van der Waals surface area contributed by atoms with Crippen LogP contribution in [0.5, 0.6) is 11.5 Å². The number of benzene rings is 1. The number of hydrogen-bond donors (Lipinski definition) is 1. The number of rotatable bonds is 6. The highest BCUT2D eigenvalue weighted by Crippen LogP contribution is 2.46. The summed E-state index contributed by atoms with van der Waals surface area (Å²) in [7, 11) is 5.06. The third-order valence-electron chi connectivity index (χ3n) is 4.43. The van der Waals surface area contributed by atoms with Gasteiger partial charge in [0.15, 0.2) is 0 Å². The minimum Gasteiger partial charge on any atom is -0.496 e. The van der Waals surface area contributed by atoms with Crippen LogP contribution in [-0.4, -0.2) is 27.9 Å². The molecule has 1 saturated carbocycles. The van der Waals surface area contributed by atoms with Gasteiger partial charge in [-0.05, 0) is 18.9 Å². The summed E-state index contributed by atoms with van der Waals surface area (Å²) in [5.41, 5.74) is 8.39. The van der Waals surface area contributed by atoms with Crippen molar-refractivity contribution in [1.82, 2.24) is 0 Å². The normalized spacial score (nSPS) is 17.2. The Hall–Kier alpha value is -1.26. The topological polar surface area (TPSA) is 53.7 Å². The van der Waals surface area contributed by atoms with Gasteiger partial charge in [-0.1, -0.05) is 12.8 Å².